The molecular formula is C15H21BrFNO2. The average Bonchev–Trinajstić information content (AvgIpc) is 2.45. The minimum atomic E-state index is -0.386. The van der Waals surface area contributed by atoms with E-state index in [1.54, 1.807) is 12.1 Å². The topological polar surface area (TPSA) is 49.3 Å². The second kappa shape index (κ2) is 7.74. The van der Waals surface area contributed by atoms with Gasteiger partial charge in [-0.05, 0) is 36.6 Å². The largest absolute Gasteiger partial charge is 0.396 e. The summed E-state index contributed by atoms with van der Waals surface area (Å²) in [5.41, 5.74) is 0.0744. The summed E-state index contributed by atoms with van der Waals surface area (Å²) in [6.45, 7) is 4.41. The van der Waals surface area contributed by atoms with Gasteiger partial charge in [-0.15, -0.1) is 0 Å². The van der Waals surface area contributed by atoms with E-state index in [-0.39, 0.29) is 30.2 Å². The van der Waals surface area contributed by atoms with E-state index in [4.69, 9.17) is 0 Å². The van der Waals surface area contributed by atoms with E-state index in [0.29, 0.717) is 12.1 Å². The van der Waals surface area contributed by atoms with Gasteiger partial charge >= 0.3 is 0 Å². The number of carbonyl (C=O) groups is 1. The molecule has 20 heavy (non-hydrogen) atoms. The van der Waals surface area contributed by atoms with Crippen LogP contribution in [0.5, 0.6) is 0 Å². The number of nitrogens with one attached hydrogen (secondary N) is 1. The number of hydrogen-bond acceptors (Lipinski definition) is 2. The summed E-state index contributed by atoms with van der Waals surface area (Å²) in [6, 6.07) is 4.54. The molecule has 0 spiro atoms. The summed E-state index contributed by atoms with van der Waals surface area (Å²) in [6.07, 6.45) is 1.57. The molecule has 0 aliphatic carbocycles. The van der Waals surface area contributed by atoms with Crippen LogP contribution >= 0.6 is 15.9 Å². The third kappa shape index (κ3) is 4.56. The lowest BCUT2D eigenvalue weighted by Gasteiger charge is -2.29. The molecule has 0 heterocycles. The van der Waals surface area contributed by atoms with Crippen LogP contribution in [0, 0.1) is 11.2 Å². The number of hydrogen-bond donors (Lipinski definition) is 2. The van der Waals surface area contributed by atoms with E-state index >= 15 is 0 Å². The van der Waals surface area contributed by atoms with Crippen LogP contribution in [0.4, 0.5) is 4.39 Å². The molecule has 0 aromatic heterocycles. The normalized spacial score (nSPS) is 11.4. The standard InChI is InChI=1S/C15H21BrFNO2/c1-3-15(4-2,10-19)9-18-14(20)8-11-7-12(16)5-6-13(11)17/h5-7,19H,3-4,8-10H2,1-2H3,(H,18,20). The molecule has 112 valence electrons. The number of aliphatic hydroxyl groups is 1. The number of carbonyl (C=O) groups excluding carboxylic acids is 1. The molecule has 0 aliphatic heterocycles. The molecule has 0 saturated heterocycles. The van der Waals surface area contributed by atoms with Gasteiger partial charge in [0.1, 0.15) is 5.82 Å². The maximum absolute atomic E-state index is 13.6. The van der Waals surface area contributed by atoms with Crippen LogP contribution in [0.3, 0.4) is 0 Å². The highest BCUT2D eigenvalue weighted by Crippen LogP contribution is 2.24. The van der Waals surface area contributed by atoms with Gasteiger partial charge in [0.15, 0.2) is 0 Å². The van der Waals surface area contributed by atoms with E-state index in [9.17, 15) is 14.3 Å². The fraction of sp³-hybridized carbons (Fsp3) is 0.533. The van der Waals surface area contributed by atoms with Crippen LogP contribution in [-0.4, -0.2) is 24.2 Å². The Labute approximate surface area is 127 Å². The molecule has 0 radical (unpaired) electrons. The molecule has 1 aromatic carbocycles. The molecule has 0 unspecified atom stereocenters. The van der Waals surface area contributed by atoms with E-state index in [1.165, 1.54) is 6.07 Å². The van der Waals surface area contributed by atoms with Crippen molar-refractivity contribution in [3.8, 4) is 0 Å². The first-order chi connectivity index (χ1) is 9.46. The predicted octanol–water partition coefficient (Wildman–Crippen LogP) is 3.05. The zero-order valence-corrected chi connectivity index (χ0v) is 13.5. The van der Waals surface area contributed by atoms with Crippen LogP contribution in [0.1, 0.15) is 32.3 Å². The SMILES string of the molecule is CCC(CC)(CO)CNC(=O)Cc1cc(Br)ccc1F. The molecule has 1 amide bonds. The second-order valence-corrected chi connectivity index (χ2v) is 5.97. The average molecular weight is 346 g/mol. The molecule has 0 atom stereocenters. The van der Waals surface area contributed by atoms with E-state index in [0.717, 1.165) is 17.3 Å². The second-order valence-electron chi connectivity index (χ2n) is 5.05. The Balaban J connectivity index is 2.62. The van der Waals surface area contributed by atoms with Gasteiger partial charge in [-0.1, -0.05) is 29.8 Å². The fourth-order valence-corrected chi connectivity index (χ4v) is 2.39. The fourth-order valence-electron chi connectivity index (χ4n) is 1.98. The Hall–Kier alpha value is -0.940. The molecule has 0 aliphatic rings. The monoisotopic (exact) mass is 345 g/mol. The van der Waals surface area contributed by atoms with Gasteiger partial charge in [-0.25, -0.2) is 4.39 Å². The molecule has 1 aromatic rings. The van der Waals surface area contributed by atoms with Gasteiger partial charge in [-0.3, -0.25) is 4.79 Å². The first-order valence-electron chi connectivity index (χ1n) is 6.78. The predicted molar refractivity (Wildman–Crippen MR) is 80.9 cm³/mol. The van der Waals surface area contributed by atoms with Crippen molar-refractivity contribution in [2.75, 3.05) is 13.2 Å². The molecule has 0 bridgehead atoms. The Bertz CT molecular complexity index is 453. The van der Waals surface area contributed by atoms with Crippen LogP contribution < -0.4 is 5.32 Å². The highest BCUT2D eigenvalue weighted by Gasteiger charge is 2.25. The quantitative estimate of drug-likeness (QED) is 0.797. The smallest absolute Gasteiger partial charge is 0.224 e. The Morgan fingerprint density at radius 1 is 1.40 bits per heavy atom. The molecule has 0 fully saturated rings. The highest BCUT2D eigenvalue weighted by molar-refractivity contribution is 9.10. The van der Waals surface area contributed by atoms with Crippen molar-refractivity contribution in [2.24, 2.45) is 5.41 Å². The van der Waals surface area contributed by atoms with Crippen LogP contribution in [0.15, 0.2) is 22.7 Å². The minimum absolute atomic E-state index is 0.000209. The van der Waals surface area contributed by atoms with E-state index < -0.39 is 0 Å². The Kier molecular flexibility index (Phi) is 6.62. The third-order valence-electron chi connectivity index (χ3n) is 3.85. The Morgan fingerprint density at radius 2 is 2.05 bits per heavy atom. The van der Waals surface area contributed by atoms with E-state index in [1.807, 2.05) is 13.8 Å². The summed E-state index contributed by atoms with van der Waals surface area (Å²) < 4.78 is 14.3. The highest BCUT2D eigenvalue weighted by atomic mass is 79.9. The van der Waals surface area contributed by atoms with Crippen molar-refractivity contribution in [2.45, 2.75) is 33.1 Å². The van der Waals surface area contributed by atoms with Gasteiger partial charge in [0.25, 0.3) is 0 Å². The Morgan fingerprint density at radius 3 is 2.60 bits per heavy atom. The summed E-state index contributed by atoms with van der Waals surface area (Å²) in [5, 5.41) is 12.2. The lowest BCUT2D eigenvalue weighted by atomic mass is 9.83. The van der Waals surface area contributed by atoms with Gasteiger partial charge in [-0.2, -0.15) is 0 Å². The minimum Gasteiger partial charge on any atom is -0.396 e. The molecule has 2 N–H and O–H groups in total. The number of benzene rings is 1. The number of halogens is 2. The van der Waals surface area contributed by atoms with Crippen LogP contribution in [0.25, 0.3) is 0 Å². The number of aliphatic hydroxyl groups excluding tert-OH is 1. The van der Waals surface area contributed by atoms with Crippen molar-refractivity contribution < 1.29 is 14.3 Å². The van der Waals surface area contributed by atoms with Gasteiger partial charge in [0.05, 0.1) is 13.0 Å². The molecule has 0 saturated carbocycles. The molecular weight excluding hydrogens is 325 g/mol. The zero-order valence-electron chi connectivity index (χ0n) is 11.9. The third-order valence-corrected chi connectivity index (χ3v) is 4.35. The summed E-state index contributed by atoms with van der Waals surface area (Å²) in [7, 11) is 0. The van der Waals surface area contributed by atoms with E-state index in [2.05, 4.69) is 21.2 Å². The first-order valence-corrected chi connectivity index (χ1v) is 7.57. The number of amides is 1. The molecule has 1 rings (SSSR count). The lowest BCUT2D eigenvalue weighted by Crippen LogP contribution is -2.40. The maximum atomic E-state index is 13.6. The zero-order chi connectivity index (χ0) is 15.2. The maximum Gasteiger partial charge on any atom is 0.224 e. The van der Waals surface area contributed by atoms with Crippen LogP contribution in [0.2, 0.25) is 0 Å². The van der Waals surface area contributed by atoms with Crippen molar-refractivity contribution in [1.82, 2.24) is 5.32 Å². The van der Waals surface area contributed by atoms with Crippen molar-refractivity contribution >= 4 is 21.8 Å². The number of rotatable bonds is 7. The summed E-state index contributed by atoms with van der Waals surface area (Å²) in [5.74, 6) is -0.621. The van der Waals surface area contributed by atoms with Crippen molar-refractivity contribution in [1.29, 1.82) is 0 Å². The summed E-state index contributed by atoms with van der Waals surface area (Å²) in [4.78, 5) is 11.9. The van der Waals surface area contributed by atoms with Crippen molar-refractivity contribution in [3.05, 3.63) is 34.1 Å². The molecule has 3 nitrogen and oxygen atoms in total. The van der Waals surface area contributed by atoms with Gasteiger partial charge in [0, 0.05) is 16.4 Å². The van der Waals surface area contributed by atoms with Crippen LogP contribution in [-0.2, 0) is 11.2 Å². The first kappa shape index (κ1) is 17.1. The van der Waals surface area contributed by atoms with Gasteiger partial charge < -0.3 is 10.4 Å². The lowest BCUT2D eigenvalue weighted by molar-refractivity contribution is -0.121. The van der Waals surface area contributed by atoms with Gasteiger partial charge in [0.2, 0.25) is 5.91 Å². The van der Waals surface area contributed by atoms with Crippen molar-refractivity contribution in [3.63, 3.8) is 0 Å². The molecule has 5 heteroatoms. The summed E-state index contributed by atoms with van der Waals surface area (Å²) >= 11 is 3.26.